The van der Waals surface area contributed by atoms with Crippen molar-refractivity contribution in [2.45, 2.75) is 44.4 Å². The topological polar surface area (TPSA) is 112 Å². The molecule has 1 N–H and O–H groups in total. The van der Waals surface area contributed by atoms with Crippen LogP contribution in [-0.4, -0.2) is 53.1 Å². The highest BCUT2D eigenvalue weighted by molar-refractivity contribution is 7.89. The highest BCUT2D eigenvalue weighted by Gasteiger charge is 2.33. The molecule has 0 amide bonds. The molecule has 1 atom stereocenters. The number of sulfonamides is 1. The zero-order valence-electron chi connectivity index (χ0n) is 21.9. The quantitative estimate of drug-likeness (QED) is 0.335. The summed E-state index contributed by atoms with van der Waals surface area (Å²) in [6, 6.07) is 13.4. The van der Waals surface area contributed by atoms with Gasteiger partial charge in [0.05, 0.1) is 35.7 Å². The standard InChI is InChI=1S/C30H33N5O3S/c31-16-21-5-9-25(10-6-21)38-19-23-2-1-15-35(18-23)39(36,37)20-22-3-7-24(8-4-22)26-11-13-32-28-17-34-30-27(29(26)28)12-14-33-30/h5-6,9-14,17,22-24,32H,1-4,7-8,15,18-20H2. The number of nitriles is 1. The Kier molecular flexibility index (Phi) is 7.24. The van der Waals surface area contributed by atoms with Gasteiger partial charge in [-0.3, -0.25) is 0 Å². The number of hydrogen-bond donors (Lipinski definition) is 1. The molecular weight excluding hydrogens is 510 g/mol. The van der Waals surface area contributed by atoms with Gasteiger partial charge < -0.3 is 9.72 Å². The van der Waals surface area contributed by atoms with Crippen molar-refractivity contribution in [2.24, 2.45) is 11.8 Å². The van der Waals surface area contributed by atoms with Crippen LogP contribution in [0.25, 0.3) is 21.9 Å². The van der Waals surface area contributed by atoms with Crippen molar-refractivity contribution in [1.29, 1.82) is 5.26 Å². The largest absolute Gasteiger partial charge is 0.493 e. The van der Waals surface area contributed by atoms with Crippen molar-refractivity contribution >= 4 is 32.0 Å². The molecular formula is C30H33N5O3S. The molecule has 1 saturated heterocycles. The van der Waals surface area contributed by atoms with E-state index in [1.54, 1.807) is 34.8 Å². The summed E-state index contributed by atoms with van der Waals surface area (Å²) >= 11 is 0. The van der Waals surface area contributed by atoms with E-state index in [4.69, 9.17) is 10.00 Å². The molecule has 1 saturated carbocycles. The number of hydrogen-bond acceptors (Lipinski definition) is 6. The average Bonchev–Trinajstić information content (AvgIpc) is 3.46. The first-order chi connectivity index (χ1) is 19.0. The number of nitrogens with zero attached hydrogens (tertiary/aromatic N) is 4. The molecule has 39 heavy (non-hydrogen) atoms. The molecule has 0 radical (unpaired) electrons. The molecule has 1 aliphatic heterocycles. The van der Waals surface area contributed by atoms with Gasteiger partial charge in [-0.25, -0.2) is 22.7 Å². The number of pyridine rings is 2. The van der Waals surface area contributed by atoms with Crippen LogP contribution in [-0.2, 0) is 10.0 Å². The normalized spacial score (nSPS) is 22.6. The third-order valence-corrected chi connectivity index (χ3v) is 10.4. The first-order valence-electron chi connectivity index (χ1n) is 13.8. The maximum absolute atomic E-state index is 13.4. The number of fused-ring (bicyclic) bond motifs is 3. The Hall–Kier alpha value is -3.48. The van der Waals surface area contributed by atoms with Crippen molar-refractivity contribution < 1.29 is 13.2 Å². The second-order valence-electron chi connectivity index (χ2n) is 11.0. The Bertz CT molecular complexity index is 1600. The van der Waals surface area contributed by atoms with Gasteiger partial charge in [-0.1, -0.05) is 0 Å². The predicted molar refractivity (Wildman–Crippen MR) is 151 cm³/mol. The van der Waals surface area contributed by atoms with Gasteiger partial charge in [0.15, 0.2) is 5.65 Å². The molecule has 8 nitrogen and oxygen atoms in total. The van der Waals surface area contributed by atoms with Crippen LogP contribution in [0.2, 0.25) is 0 Å². The van der Waals surface area contributed by atoms with Crippen molar-refractivity contribution in [3.05, 3.63) is 66.1 Å². The first kappa shape index (κ1) is 25.8. The summed E-state index contributed by atoms with van der Waals surface area (Å²) < 4.78 is 34.5. The van der Waals surface area contributed by atoms with Crippen LogP contribution < -0.4 is 4.74 Å². The molecule has 6 rings (SSSR count). The van der Waals surface area contributed by atoms with E-state index in [9.17, 15) is 8.42 Å². The summed E-state index contributed by atoms with van der Waals surface area (Å²) in [5, 5.41) is 11.2. The minimum absolute atomic E-state index is 0.167. The van der Waals surface area contributed by atoms with E-state index in [0.29, 0.717) is 36.9 Å². The minimum atomic E-state index is -3.33. The third kappa shape index (κ3) is 5.49. The number of aromatic amines is 1. The first-order valence-corrected chi connectivity index (χ1v) is 15.4. The SMILES string of the molecule is N#Cc1ccc(OCC2CCCN(S(=O)(=O)CC3CCC(c4cc[nH]c5cnc6nccc6c45)CC3)C2)cc1. The average molecular weight is 544 g/mol. The second kappa shape index (κ2) is 10.9. The van der Waals surface area contributed by atoms with Gasteiger partial charge in [0, 0.05) is 42.2 Å². The summed E-state index contributed by atoms with van der Waals surface area (Å²) in [5.41, 5.74) is 3.69. The van der Waals surface area contributed by atoms with E-state index in [-0.39, 0.29) is 17.6 Å². The smallest absolute Gasteiger partial charge is 0.214 e. The zero-order valence-corrected chi connectivity index (χ0v) is 22.7. The van der Waals surface area contributed by atoms with Gasteiger partial charge in [0.25, 0.3) is 0 Å². The van der Waals surface area contributed by atoms with Crippen LogP contribution in [0.5, 0.6) is 5.75 Å². The van der Waals surface area contributed by atoms with Crippen LogP contribution in [0.3, 0.4) is 0 Å². The fourth-order valence-electron chi connectivity index (χ4n) is 6.32. The molecule has 4 aromatic rings. The number of benzene rings is 1. The molecule has 0 spiro atoms. The maximum atomic E-state index is 13.4. The number of ether oxygens (including phenoxy) is 1. The van der Waals surface area contributed by atoms with E-state index in [0.717, 1.165) is 55.1 Å². The Morgan fingerprint density at radius 3 is 2.64 bits per heavy atom. The van der Waals surface area contributed by atoms with Gasteiger partial charge in [-0.2, -0.15) is 5.26 Å². The van der Waals surface area contributed by atoms with E-state index >= 15 is 0 Å². The zero-order chi connectivity index (χ0) is 26.8. The molecule has 3 aromatic heterocycles. The molecule has 1 unspecified atom stereocenters. The molecule has 1 aliphatic carbocycles. The molecule has 0 bridgehead atoms. The lowest BCUT2D eigenvalue weighted by molar-refractivity contribution is 0.179. The predicted octanol–water partition coefficient (Wildman–Crippen LogP) is 5.38. The Labute approximate surface area is 229 Å². The lowest BCUT2D eigenvalue weighted by atomic mass is 9.78. The van der Waals surface area contributed by atoms with Gasteiger partial charge in [-0.05, 0) is 92.3 Å². The lowest BCUT2D eigenvalue weighted by Crippen LogP contribution is -2.43. The number of aromatic nitrogens is 3. The number of nitrogens with one attached hydrogen (secondary N) is 1. The van der Waals surface area contributed by atoms with Crippen LogP contribution in [0.15, 0.2) is 55.0 Å². The minimum Gasteiger partial charge on any atom is -0.493 e. The molecule has 1 aromatic carbocycles. The highest BCUT2D eigenvalue weighted by Crippen LogP contribution is 2.40. The van der Waals surface area contributed by atoms with Crippen molar-refractivity contribution in [2.75, 3.05) is 25.4 Å². The van der Waals surface area contributed by atoms with E-state index in [1.165, 1.54) is 10.9 Å². The van der Waals surface area contributed by atoms with Gasteiger partial charge in [-0.15, -0.1) is 0 Å². The fraction of sp³-hybridized carbons (Fsp3) is 0.433. The van der Waals surface area contributed by atoms with E-state index < -0.39 is 10.0 Å². The van der Waals surface area contributed by atoms with Crippen LogP contribution in [0.1, 0.15) is 55.6 Å². The number of rotatable bonds is 7. The second-order valence-corrected chi connectivity index (χ2v) is 13.0. The lowest BCUT2D eigenvalue weighted by Gasteiger charge is -2.34. The molecule has 2 fully saturated rings. The highest BCUT2D eigenvalue weighted by atomic mass is 32.2. The molecule has 4 heterocycles. The van der Waals surface area contributed by atoms with Crippen LogP contribution in [0.4, 0.5) is 0 Å². The molecule has 2 aliphatic rings. The third-order valence-electron chi connectivity index (χ3n) is 8.40. The van der Waals surface area contributed by atoms with Gasteiger partial charge >= 0.3 is 0 Å². The van der Waals surface area contributed by atoms with Gasteiger partial charge in [0.2, 0.25) is 10.0 Å². The fourth-order valence-corrected chi connectivity index (χ4v) is 8.31. The Balaban J connectivity index is 1.06. The maximum Gasteiger partial charge on any atom is 0.214 e. The number of H-pyrrole nitrogens is 1. The van der Waals surface area contributed by atoms with E-state index in [2.05, 4.69) is 27.1 Å². The summed E-state index contributed by atoms with van der Waals surface area (Å²) in [7, 11) is -3.33. The van der Waals surface area contributed by atoms with Crippen molar-refractivity contribution in [1.82, 2.24) is 19.3 Å². The van der Waals surface area contributed by atoms with Crippen LogP contribution in [0, 0.1) is 23.2 Å². The Morgan fingerprint density at radius 1 is 1.03 bits per heavy atom. The summed E-state index contributed by atoms with van der Waals surface area (Å²) in [4.78, 5) is 12.2. The summed E-state index contributed by atoms with van der Waals surface area (Å²) in [6.07, 6.45) is 11.2. The van der Waals surface area contributed by atoms with Gasteiger partial charge in [0.1, 0.15) is 5.75 Å². The summed E-state index contributed by atoms with van der Waals surface area (Å²) in [5.74, 6) is 1.69. The monoisotopic (exact) mass is 543 g/mol. The molecule has 9 heteroatoms. The van der Waals surface area contributed by atoms with E-state index in [1.807, 2.05) is 18.5 Å². The summed E-state index contributed by atoms with van der Waals surface area (Å²) in [6.45, 7) is 1.58. The Morgan fingerprint density at radius 2 is 1.85 bits per heavy atom. The van der Waals surface area contributed by atoms with Crippen LogP contribution >= 0.6 is 0 Å². The van der Waals surface area contributed by atoms with Crippen molar-refractivity contribution in [3.8, 4) is 11.8 Å². The molecule has 202 valence electrons. The van der Waals surface area contributed by atoms with Crippen molar-refractivity contribution in [3.63, 3.8) is 0 Å². The number of piperidine rings is 1.